The monoisotopic (exact) mass is 452 g/mol. The maximum atomic E-state index is 13.2. The Bertz CT molecular complexity index is 1370. The van der Waals surface area contributed by atoms with E-state index in [0.717, 1.165) is 18.8 Å². The molecule has 1 aromatic carbocycles. The van der Waals surface area contributed by atoms with Crippen LogP contribution >= 0.6 is 0 Å². The Morgan fingerprint density at radius 1 is 1.09 bits per heavy atom. The third kappa shape index (κ3) is 3.85. The van der Waals surface area contributed by atoms with Crippen molar-refractivity contribution in [3.8, 4) is 11.3 Å². The third-order valence-electron chi connectivity index (χ3n) is 5.57. The van der Waals surface area contributed by atoms with Gasteiger partial charge in [0.05, 0.1) is 10.6 Å². The number of benzene rings is 1. The molecule has 11 heteroatoms. The number of H-pyrrole nitrogens is 1. The van der Waals surface area contributed by atoms with Crippen LogP contribution in [0.4, 0.5) is 11.8 Å². The van der Waals surface area contributed by atoms with Crippen LogP contribution in [0.5, 0.6) is 0 Å². The molecular weight excluding hydrogens is 428 g/mol. The van der Waals surface area contributed by atoms with Gasteiger partial charge in [-0.1, -0.05) is 12.1 Å². The molecule has 0 bridgehead atoms. The summed E-state index contributed by atoms with van der Waals surface area (Å²) in [6, 6.07) is 10.6. The van der Waals surface area contributed by atoms with E-state index in [-0.39, 0.29) is 4.90 Å². The summed E-state index contributed by atoms with van der Waals surface area (Å²) in [5, 5.41) is 10.3. The fourth-order valence-electron chi connectivity index (χ4n) is 3.75. The van der Waals surface area contributed by atoms with Gasteiger partial charge in [0.1, 0.15) is 5.65 Å². The van der Waals surface area contributed by atoms with E-state index in [2.05, 4.69) is 25.4 Å². The molecule has 0 spiro atoms. The van der Waals surface area contributed by atoms with Crippen molar-refractivity contribution in [3.63, 3.8) is 0 Å². The van der Waals surface area contributed by atoms with Gasteiger partial charge in [0.15, 0.2) is 5.82 Å². The first-order valence-corrected chi connectivity index (χ1v) is 11.8. The molecule has 166 valence electrons. The quantitative estimate of drug-likeness (QED) is 0.477. The molecule has 0 saturated carbocycles. The zero-order valence-corrected chi connectivity index (χ0v) is 18.7. The average Bonchev–Trinajstić information content (AvgIpc) is 3.43. The Hall–Kier alpha value is -3.28. The molecule has 0 radical (unpaired) electrons. The maximum absolute atomic E-state index is 13.2. The van der Waals surface area contributed by atoms with E-state index >= 15 is 0 Å². The van der Waals surface area contributed by atoms with Crippen molar-refractivity contribution >= 4 is 27.4 Å². The standard InChI is InChI=1S/C21H24N8O2S/c1-15-12-19(26-25-15)24-21-23-18(14-20-22-6-7-29(20)21)16-4-3-5-17(13-16)32(30,31)28-10-8-27(2)9-11-28/h3-7,12-14H,8-11H2,1-2H3,(H2,23,24,25,26). The number of rotatable bonds is 5. The predicted octanol–water partition coefficient (Wildman–Crippen LogP) is 2.11. The van der Waals surface area contributed by atoms with Crippen LogP contribution in [0.2, 0.25) is 0 Å². The summed E-state index contributed by atoms with van der Waals surface area (Å²) in [7, 11) is -1.58. The molecule has 0 unspecified atom stereocenters. The predicted molar refractivity (Wildman–Crippen MR) is 121 cm³/mol. The van der Waals surface area contributed by atoms with Gasteiger partial charge in [0, 0.05) is 62.0 Å². The lowest BCUT2D eigenvalue weighted by atomic mass is 10.1. The van der Waals surface area contributed by atoms with Crippen molar-refractivity contribution in [2.24, 2.45) is 0 Å². The molecule has 32 heavy (non-hydrogen) atoms. The number of imidazole rings is 1. The van der Waals surface area contributed by atoms with E-state index in [9.17, 15) is 8.42 Å². The fourth-order valence-corrected chi connectivity index (χ4v) is 5.22. The molecule has 5 rings (SSSR count). The van der Waals surface area contributed by atoms with Gasteiger partial charge < -0.3 is 10.2 Å². The van der Waals surface area contributed by atoms with Crippen LogP contribution in [0.1, 0.15) is 5.69 Å². The van der Waals surface area contributed by atoms with E-state index < -0.39 is 10.0 Å². The zero-order valence-electron chi connectivity index (χ0n) is 17.9. The first-order valence-electron chi connectivity index (χ1n) is 10.3. The molecule has 3 aromatic heterocycles. The second-order valence-electron chi connectivity index (χ2n) is 7.92. The van der Waals surface area contributed by atoms with Crippen molar-refractivity contribution in [2.75, 3.05) is 38.5 Å². The van der Waals surface area contributed by atoms with Gasteiger partial charge in [0.25, 0.3) is 0 Å². The van der Waals surface area contributed by atoms with E-state index in [1.807, 2.05) is 42.8 Å². The van der Waals surface area contributed by atoms with E-state index in [4.69, 9.17) is 4.98 Å². The summed E-state index contributed by atoms with van der Waals surface area (Å²) in [5.74, 6) is 1.17. The number of sulfonamides is 1. The molecule has 10 nitrogen and oxygen atoms in total. The van der Waals surface area contributed by atoms with Gasteiger partial charge in [-0.25, -0.2) is 18.4 Å². The number of nitrogens with one attached hydrogen (secondary N) is 2. The summed E-state index contributed by atoms with van der Waals surface area (Å²) in [6.45, 7) is 4.33. The van der Waals surface area contributed by atoms with Crippen LogP contribution in [0.15, 0.2) is 53.7 Å². The highest BCUT2D eigenvalue weighted by molar-refractivity contribution is 7.89. The minimum atomic E-state index is -3.58. The van der Waals surface area contributed by atoms with Crippen LogP contribution in [0.25, 0.3) is 16.9 Å². The molecule has 4 heterocycles. The second-order valence-corrected chi connectivity index (χ2v) is 9.85. The molecule has 1 aliphatic rings. The number of hydrogen-bond donors (Lipinski definition) is 2. The van der Waals surface area contributed by atoms with Crippen molar-refractivity contribution in [2.45, 2.75) is 11.8 Å². The Labute approximate surface area is 186 Å². The van der Waals surface area contributed by atoms with Crippen LogP contribution in [-0.2, 0) is 10.0 Å². The van der Waals surface area contributed by atoms with Gasteiger partial charge in [-0.15, -0.1) is 0 Å². The summed E-state index contributed by atoms with van der Waals surface area (Å²) in [6.07, 6.45) is 3.50. The van der Waals surface area contributed by atoms with E-state index in [1.165, 1.54) is 0 Å². The Kier molecular flexibility index (Phi) is 5.16. The second kappa shape index (κ2) is 8.01. The number of likely N-dealkylation sites (N-methyl/N-ethyl adjacent to an activating group) is 1. The lowest BCUT2D eigenvalue weighted by Gasteiger charge is -2.31. The number of hydrogen-bond acceptors (Lipinski definition) is 7. The first kappa shape index (κ1) is 20.6. The highest BCUT2D eigenvalue weighted by Crippen LogP contribution is 2.26. The molecular formula is C21H24N8O2S. The topological polar surface area (TPSA) is 112 Å². The summed E-state index contributed by atoms with van der Waals surface area (Å²) < 4.78 is 29.8. The largest absolute Gasteiger partial charge is 0.308 e. The maximum Gasteiger partial charge on any atom is 0.243 e. The number of piperazine rings is 1. The van der Waals surface area contributed by atoms with E-state index in [0.29, 0.717) is 41.8 Å². The SMILES string of the molecule is Cc1cc(Nc2nc(-c3cccc(S(=O)(=O)N4CCN(C)CC4)c3)cc3nccn23)n[nH]1. The molecule has 0 atom stereocenters. The highest BCUT2D eigenvalue weighted by atomic mass is 32.2. The van der Waals surface area contributed by atoms with Crippen molar-refractivity contribution < 1.29 is 8.42 Å². The van der Waals surface area contributed by atoms with Gasteiger partial charge >= 0.3 is 0 Å². The molecule has 1 fully saturated rings. The lowest BCUT2D eigenvalue weighted by Crippen LogP contribution is -2.47. The lowest BCUT2D eigenvalue weighted by molar-refractivity contribution is 0.222. The fraction of sp³-hybridized carbons (Fsp3) is 0.286. The van der Waals surface area contributed by atoms with Gasteiger partial charge in [-0.3, -0.25) is 9.50 Å². The Morgan fingerprint density at radius 2 is 1.91 bits per heavy atom. The van der Waals surface area contributed by atoms with Gasteiger partial charge in [-0.2, -0.15) is 9.40 Å². The zero-order chi connectivity index (χ0) is 22.3. The summed E-state index contributed by atoms with van der Waals surface area (Å²) in [5.41, 5.74) is 2.94. The summed E-state index contributed by atoms with van der Waals surface area (Å²) >= 11 is 0. The van der Waals surface area contributed by atoms with E-state index in [1.54, 1.807) is 28.7 Å². The number of aromatic amines is 1. The highest BCUT2D eigenvalue weighted by Gasteiger charge is 2.27. The first-order chi connectivity index (χ1) is 15.4. The van der Waals surface area contributed by atoms with Crippen LogP contribution < -0.4 is 5.32 Å². The summed E-state index contributed by atoms with van der Waals surface area (Å²) in [4.78, 5) is 11.5. The van der Waals surface area contributed by atoms with Crippen LogP contribution in [0.3, 0.4) is 0 Å². The Morgan fingerprint density at radius 3 is 2.66 bits per heavy atom. The van der Waals surface area contributed by atoms with Crippen molar-refractivity contribution in [3.05, 3.63) is 54.5 Å². The molecule has 1 aliphatic heterocycles. The average molecular weight is 453 g/mol. The van der Waals surface area contributed by atoms with Gasteiger partial charge in [-0.05, 0) is 26.1 Å². The minimum Gasteiger partial charge on any atom is -0.308 e. The van der Waals surface area contributed by atoms with Crippen LogP contribution in [0, 0.1) is 6.92 Å². The number of aryl methyl sites for hydroxylation is 1. The number of fused-ring (bicyclic) bond motifs is 1. The minimum absolute atomic E-state index is 0.266. The Balaban J connectivity index is 1.52. The molecule has 2 N–H and O–H groups in total. The van der Waals surface area contributed by atoms with Crippen LogP contribution in [-0.4, -0.2) is 75.4 Å². The molecule has 4 aromatic rings. The molecule has 1 saturated heterocycles. The van der Waals surface area contributed by atoms with Crippen molar-refractivity contribution in [1.29, 1.82) is 0 Å². The number of aromatic nitrogens is 5. The van der Waals surface area contributed by atoms with Gasteiger partial charge in [0.2, 0.25) is 16.0 Å². The molecule has 0 amide bonds. The normalized spacial score (nSPS) is 15.9. The smallest absolute Gasteiger partial charge is 0.243 e. The third-order valence-corrected chi connectivity index (χ3v) is 7.46. The molecule has 0 aliphatic carbocycles. The number of anilines is 2. The number of nitrogens with zero attached hydrogens (tertiary/aromatic N) is 6. The van der Waals surface area contributed by atoms with Crippen molar-refractivity contribution in [1.82, 2.24) is 33.8 Å².